The van der Waals surface area contributed by atoms with Gasteiger partial charge in [0.2, 0.25) is 0 Å². The fourth-order valence-corrected chi connectivity index (χ4v) is 2.33. The Hall–Kier alpha value is -1.04. The zero-order valence-corrected chi connectivity index (χ0v) is 9.67. The largest absolute Gasteiger partial charge is 0.403 e. The number of rotatable bonds is 2. The van der Waals surface area contributed by atoms with Gasteiger partial charge in [-0.3, -0.25) is 10.00 Å². The van der Waals surface area contributed by atoms with Gasteiger partial charge < -0.3 is 0 Å². The van der Waals surface area contributed by atoms with Crippen LogP contribution in [0.2, 0.25) is 0 Å². The minimum atomic E-state index is -4.16. The van der Waals surface area contributed by atoms with Gasteiger partial charge in [0.1, 0.15) is 6.04 Å². The predicted molar refractivity (Wildman–Crippen MR) is 57.5 cm³/mol. The van der Waals surface area contributed by atoms with Crippen LogP contribution >= 0.6 is 0 Å². The molecule has 2 atom stereocenters. The third-order valence-electron chi connectivity index (χ3n) is 3.19. The highest BCUT2D eigenvalue weighted by Crippen LogP contribution is 2.32. The van der Waals surface area contributed by atoms with E-state index in [4.69, 9.17) is 0 Å². The van der Waals surface area contributed by atoms with Crippen molar-refractivity contribution < 1.29 is 13.2 Å². The van der Waals surface area contributed by atoms with Gasteiger partial charge in [0.05, 0.1) is 5.69 Å². The van der Waals surface area contributed by atoms with Gasteiger partial charge in [-0.15, -0.1) is 0 Å². The molecule has 1 aromatic heterocycles. The Kier molecular flexibility index (Phi) is 3.42. The second kappa shape index (κ2) is 4.68. The minimum Gasteiger partial charge on any atom is -0.298 e. The number of nitrogens with zero attached hydrogens (tertiary/aromatic N) is 2. The summed E-state index contributed by atoms with van der Waals surface area (Å²) in [5.74, 6) is 0. The van der Waals surface area contributed by atoms with Crippen molar-refractivity contribution in [2.45, 2.75) is 51.0 Å². The molecule has 1 aliphatic rings. The van der Waals surface area contributed by atoms with E-state index < -0.39 is 12.2 Å². The lowest BCUT2D eigenvalue weighted by Gasteiger charge is -2.32. The number of nitrogens with one attached hydrogen (secondary N) is 1. The Morgan fingerprint density at radius 2 is 2.24 bits per heavy atom. The van der Waals surface area contributed by atoms with Crippen molar-refractivity contribution in [2.75, 3.05) is 0 Å². The summed E-state index contributed by atoms with van der Waals surface area (Å²) >= 11 is 0. The molecule has 1 fully saturated rings. The van der Waals surface area contributed by atoms with Crippen LogP contribution in [0.15, 0.2) is 12.3 Å². The predicted octanol–water partition coefficient (Wildman–Crippen LogP) is 2.65. The Morgan fingerprint density at radius 1 is 1.47 bits per heavy atom. The molecule has 0 radical (unpaired) electrons. The van der Waals surface area contributed by atoms with Crippen molar-refractivity contribution in [3.8, 4) is 0 Å². The molecule has 17 heavy (non-hydrogen) atoms. The summed E-state index contributed by atoms with van der Waals surface area (Å²) in [7, 11) is 0. The fourth-order valence-electron chi connectivity index (χ4n) is 2.33. The number of aryl methyl sites for hydroxylation is 1. The van der Waals surface area contributed by atoms with Gasteiger partial charge in [-0.25, -0.2) is 0 Å². The molecule has 96 valence electrons. The highest BCUT2D eigenvalue weighted by molar-refractivity contribution is 5.09. The average molecular weight is 247 g/mol. The number of halogens is 3. The van der Waals surface area contributed by atoms with Gasteiger partial charge >= 0.3 is 6.18 Å². The van der Waals surface area contributed by atoms with Crippen LogP contribution < -0.4 is 5.32 Å². The summed E-state index contributed by atoms with van der Waals surface area (Å²) in [6, 6.07) is 0.166. The maximum atomic E-state index is 12.7. The standard InChI is InChI=1S/C11H16F3N3/c1-2-17-9(6-7-15-17)8-4-3-5-10(16-8)11(12,13)14/h6-8,10,16H,2-5H2,1H3. The van der Waals surface area contributed by atoms with E-state index in [1.165, 1.54) is 0 Å². The molecule has 3 nitrogen and oxygen atoms in total. The van der Waals surface area contributed by atoms with Crippen molar-refractivity contribution in [1.82, 2.24) is 15.1 Å². The number of alkyl halides is 3. The van der Waals surface area contributed by atoms with Crippen molar-refractivity contribution in [3.05, 3.63) is 18.0 Å². The van der Waals surface area contributed by atoms with Crippen LogP contribution in [0.1, 0.15) is 37.9 Å². The molecule has 2 heterocycles. The third kappa shape index (κ3) is 2.62. The molecule has 1 aliphatic heterocycles. The van der Waals surface area contributed by atoms with Crippen molar-refractivity contribution in [3.63, 3.8) is 0 Å². The quantitative estimate of drug-likeness (QED) is 0.870. The molecular formula is C11H16F3N3. The van der Waals surface area contributed by atoms with Gasteiger partial charge in [0, 0.05) is 18.8 Å². The first-order valence-electron chi connectivity index (χ1n) is 5.87. The summed E-state index contributed by atoms with van der Waals surface area (Å²) in [4.78, 5) is 0. The molecule has 0 saturated carbocycles. The Bertz CT molecular complexity index is 372. The van der Waals surface area contributed by atoms with Gasteiger partial charge in [-0.2, -0.15) is 18.3 Å². The van der Waals surface area contributed by atoms with Crippen molar-refractivity contribution in [2.24, 2.45) is 0 Å². The molecule has 0 bridgehead atoms. The van der Waals surface area contributed by atoms with Crippen LogP contribution in [0.25, 0.3) is 0 Å². The van der Waals surface area contributed by atoms with Crippen molar-refractivity contribution in [1.29, 1.82) is 0 Å². The van der Waals surface area contributed by atoms with Gasteiger partial charge in [-0.05, 0) is 32.3 Å². The number of hydrogen-bond donors (Lipinski definition) is 1. The van der Waals surface area contributed by atoms with Gasteiger partial charge in [0.15, 0.2) is 0 Å². The lowest BCUT2D eigenvalue weighted by atomic mass is 9.96. The van der Waals surface area contributed by atoms with Crippen LogP contribution in [0.4, 0.5) is 13.2 Å². The third-order valence-corrected chi connectivity index (χ3v) is 3.19. The summed E-state index contributed by atoms with van der Waals surface area (Å²) in [6.07, 6.45) is -1.03. The highest BCUT2D eigenvalue weighted by Gasteiger charge is 2.42. The molecule has 0 amide bonds. The van der Waals surface area contributed by atoms with Gasteiger partial charge in [-0.1, -0.05) is 0 Å². The first kappa shape index (κ1) is 12.4. The first-order valence-corrected chi connectivity index (χ1v) is 5.87. The van der Waals surface area contributed by atoms with Crippen LogP contribution in [-0.2, 0) is 6.54 Å². The number of aromatic nitrogens is 2. The first-order chi connectivity index (χ1) is 8.02. The summed E-state index contributed by atoms with van der Waals surface area (Å²) in [5, 5.41) is 6.78. The van der Waals surface area contributed by atoms with Crippen LogP contribution in [-0.4, -0.2) is 22.0 Å². The normalized spacial score (nSPS) is 26.1. The maximum Gasteiger partial charge on any atom is 0.403 e. The molecule has 2 unspecified atom stereocenters. The van der Waals surface area contributed by atoms with E-state index in [0.29, 0.717) is 13.0 Å². The highest BCUT2D eigenvalue weighted by atomic mass is 19.4. The summed E-state index contributed by atoms with van der Waals surface area (Å²) < 4.78 is 39.7. The van der Waals surface area contributed by atoms with E-state index in [1.54, 1.807) is 16.9 Å². The smallest absolute Gasteiger partial charge is 0.298 e. The van der Waals surface area contributed by atoms with Crippen molar-refractivity contribution >= 4 is 0 Å². The van der Waals surface area contributed by atoms with E-state index in [0.717, 1.165) is 12.1 Å². The van der Waals surface area contributed by atoms with E-state index in [-0.39, 0.29) is 12.5 Å². The molecule has 1 N–H and O–H groups in total. The van der Waals surface area contributed by atoms with E-state index in [9.17, 15) is 13.2 Å². The average Bonchev–Trinajstić information content (AvgIpc) is 2.76. The fraction of sp³-hybridized carbons (Fsp3) is 0.727. The van der Waals surface area contributed by atoms with Crippen LogP contribution in [0, 0.1) is 0 Å². The minimum absolute atomic E-state index is 0.167. The van der Waals surface area contributed by atoms with Gasteiger partial charge in [0.25, 0.3) is 0 Å². The van der Waals surface area contributed by atoms with E-state index in [2.05, 4.69) is 10.4 Å². The van der Waals surface area contributed by atoms with Crippen LogP contribution in [0.5, 0.6) is 0 Å². The number of piperidine rings is 1. The monoisotopic (exact) mass is 247 g/mol. The molecule has 0 aromatic carbocycles. The maximum absolute atomic E-state index is 12.7. The molecule has 6 heteroatoms. The Labute approximate surface area is 98.0 Å². The topological polar surface area (TPSA) is 29.9 Å². The second-order valence-electron chi connectivity index (χ2n) is 4.32. The lowest BCUT2D eigenvalue weighted by Crippen LogP contribution is -2.47. The molecule has 0 spiro atoms. The van der Waals surface area contributed by atoms with Crippen LogP contribution in [0.3, 0.4) is 0 Å². The molecule has 1 aromatic rings. The number of hydrogen-bond acceptors (Lipinski definition) is 2. The molecule has 2 rings (SSSR count). The molecule has 0 aliphatic carbocycles. The molecular weight excluding hydrogens is 231 g/mol. The summed E-state index contributed by atoms with van der Waals surface area (Å²) in [6.45, 7) is 2.61. The SMILES string of the molecule is CCn1nccc1C1CCCC(C(F)(F)F)N1. The lowest BCUT2D eigenvalue weighted by molar-refractivity contribution is -0.163. The summed E-state index contributed by atoms with van der Waals surface area (Å²) in [5.41, 5.74) is 0.849. The van der Waals surface area contributed by atoms with E-state index in [1.807, 2.05) is 6.92 Å². The molecule has 1 saturated heterocycles. The zero-order valence-electron chi connectivity index (χ0n) is 9.67. The zero-order chi connectivity index (χ0) is 12.5. The Balaban J connectivity index is 2.12. The second-order valence-corrected chi connectivity index (χ2v) is 4.32. The Morgan fingerprint density at radius 3 is 2.88 bits per heavy atom. The van der Waals surface area contributed by atoms with E-state index >= 15 is 0 Å².